The summed E-state index contributed by atoms with van der Waals surface area (Å²) in [5.74, 6) is 1.03. The van der Waals surface area contributed by atoms with E-state index in [1.54, 1.807) is 26.0 Å². The number of nitrogens with two attached hydrogens (primary N) is 1. The fourth-order valence-electron chi connectivity index (χ4n) is 18.8. The number of phenolic OH excluding ortho intramolecular Hbond substituents is 1. The predicted octanol–water partition coefficient (Wildman–Crippen LogP) is 11.2. The van der Waals surface area contributed by atoms with Crippen LogP contribution >= 0.6 is 47.3 Å². The number of ketones is 3. The molecular formula is C79H114BBr3N8O11. The fraction of sp³-hybridized carbons (Fsp3) is 0.671. The van der Waals surface area contributed by atoms with Gasteiger partial charge in [0, 0.05) is 105 Å². The lowest BCUT2D eigenvalue weighted by Crippen LogP contribution is -2.76. The van der Waals surface area contributed by atoms with Gasteiger partial charge in [-0.05, 0) is 174 Å². The van der Waals surface area contributed by atoms with Gasteiger partial charge in [0.05, 0.1) is 35.7 Å². The highest BCUT2D eigenvalue weighted by Gasteiger charge is 2.72. The molecule has 12 aliphatic rings. The maximum atomic E-state index is 13.3. The second-order valence-corrected chi connectivity index (χ2v) is 38.7. The number of amides is 3. The molecule has 9 fully saturated rings. The first kappa shape index (κ1) is 82.7. The number of likely N-dealkylation sites (tertiary alicyclic amines) is 3. The van der Waals surface area contributed by atoms with Gasteiger partial charge in [0.25, 0.3) is 0 Å². The lowest BCUT2D eigenvalue weighted by atomic mass is 9.48. The van der Waals surface area contributed by atoms with Crippen LogP contribution in [0, 0.1) is 49.4 Å². The van der Waals surface area contributed by atoms with Crippen molar-refractivity contribution in [2.45, 2.75) is 263 Å². The third-order valence-corrected chi connectivity index (χ3v) is 24.6. The standard InChI is InChI=1S/C25H34N2O3.C24H32N2O4.C23H27N3O3.C4H9NO.3CH4.BBr3/c1-15(2)23(29)26-20-12-25(30)22-11-18-7-4-16(3)10-19(18)24(25,13-21(20)28)8-9-27(22)14-17-5-6-17;1-14(2)22(29)25-19-11-24(30)21-9-16-5-6-17(27)10-18(16)23(24,12-20(19)28)7-8-26(21)13-15-3-4-15;1-14-3-6-17-10-21-23(29-15(2)27)11-19(25-24)20(28)12-22(23,18(17)9-14)7-8-26(21)13-16-4-5-16;1-3(2)4(5)6;;;;2-1(3)4/h4,7,10,15,17,20,22,30H,5-6,8-9,11-14H2,1-3H3,(H,26,29);5-6,10,14-15,19,21,27,30H,3-4,7-9,11-13H2,1-2H3,(H,25,29);3,6,9,16,21H,4-5,7-8,10-13H2,1-2H3;3H,1-2H3,(H2,5,6);3*1H4;/t20-,22+,24+,25+;19-,21+,23+,24+;21-,22-,23-;;;;;/m001...../s1. The second-order valence-electron chi connectivity index (χ2n) is 32.2. The van der Waals surface area contributed by atoms with Crippen molar-refractivity contribution in [3.8, 4) is 5.75 Å². The number of nitrogens with zero attached hydrogens (tertiary/aromatic N) is 5. The number of piperidine rings is 3. The minimum atomic E-state index is -1.11. The van der Waals surface area contributed by atoms with E-state index in [9.17, 15) is 54.4 Å². The highest BCUT2D eigenvalue weighted by molar-refractivity contribution is 9.69. The van der Waals surface area contributed by atoms with Crippen LogP contribution in [-0.2, 0) is 73.8 Å². The van der Waals surface area contributed by atoms with Crippen LogP contribution in [0.5, 0.6) is 5.75 Å². The number of carbonyl (C=O) groups excluding carboxylic acids is 7. The molecule has 6 saturated carbocycles. The number of esters is 1. The third-order valence-electron chi connectivity index (χ3n) is 24.6. The first-order chi connectivity index (χ1) is 46.7. The molecule has 3 aromatic carbocycles. The molecule has 0 unspecified atom stereocenters. The monoisotopic (exact) mass is 1600 g/mol. The summed E-state index contributed by atoms with van der Waals surface area (Å²) in [4.78, 5) is 97.1. The topological polar surface area (TPSA) is 286 Å². The van der Waals surface area contributed by atoms with Crippen molar-refractivity contribution in [1.29, 1.82) is 0 Å². The molecule has 3 aromatic rings. The molecule has 3 saturated heterocycles. The normalized spacial score (nSPS) is 31.3. The molecule has 0 radical (unpaired) electrons. The second kappa shape index (κ2) is 32.2. The Morgan fingerprint density at radius 3 is 1.33 bits per heavy atom. The molecule has 15 rings (SSSR count). The van der Waals surface area contributed by atoms with Gasteiger partial charge in [-0.1, -0.05) is 117 Å². The van der Waals surface area contributed by atoms with Crippen molar-refractivity contribution >= 4 is 97.2 Å². The predicted molar refractivity (Wildman–Crippen MR) is 411 cm³/mol. The molecule has 11 atom stereocenters. The van der Waals surface area contributed by atoms with Crippen molar-refractivity contribution in [3.05, 3.63) is 105 Å². The Labute approximate surface area is 631 Å². The molecule has 3 amide bonds. The Bertz CT molecular complexity index is 3560. The van der Waals surface area contributed by atoms with Crippen LogP contribution < -0.4 is 16.4 Å². The Kier molecular flexibility index (Phi) is 26.1. The molecule has 0 spiro atoms. The zero-order valence-electron chi connectivity index (χ0n) is 59.1. The largest absolute Gasteiger partial charge is 0.508 e. The Hall–Kier alpha value is -4.97. The molecule has 23 heteroatoms. The number of Topliss-reactive ketones (excluding diaryl/α,β-unsaturated/α-hetero) is 3. The van der Waals surface area contributed by atoms with E-state index in [0.29, 0.717) is 37.5 Å². The summed E-state index contributed by atoms with van der Waals surface area (Å²) in [6.45, 7) is 22.2. The van der Waals surface area contributed by atoms with Crippen LogP contribution in [-0.4, -0.2) is 171 Å². The molecule has 3 heterocycles. The first-order valence-corrected chi connectivity index (χ1v) is 39.0. The molecular weight excluding hydrogens is 1490 g/mol. The van der Waals surface area contributed by atoms with E-state index in [0.717, 1.165) is 93.1 Å². The van der Waals surface area contributed by atoms with Gasteiger partial charge in [-0.2, -0.15) is 4.79 Å². The number of hydrogen-bond donors (Lipinski definition) is 6. The van der Waals surface area contributed by atoms with E-state index in [1.807, 2.05) is 33.8 Å². The van der Waals surface area contributed by atoms with Crippen molar-refractivity contribution in [2.75, 3.05) is 39.3 Å². The van der Waals surface area contributed by atoms with Crippen molar-refractivity contribution in [3.63, 3.8) is 0 Å². The van der Waals surface area contributed by atoms with Crippen LogP contribution in [0.15, 0.2) is 54.6 Å². The summed E-state index contributed by atoms with van der Waals surface area (Å²) in [6.07, 6.45) is 13.7. The number of phenols is 1. The van der Waals surface area contributed by atoms with E-state index in [1.165, 1.54) is 67.7 Å². The van der Waals surface area contributed by atoms with E-state index in [-0.39, 0.29) is 140 Å². The Balaban J connectivity index is 0.000000179. The molecule has 3 aliphatic heterocycles. The highest BCUT2D eigenvalue weighted by Crippen LogP contribution is 2.62. The molecule has 9 aliphatic carbocycles. The van der Waals surface area contributed by atoms with Crippen LogP contribution in [0.4, 0.5) is 0 Å². The number of aryl methyl sites for hydroxylation is 2. The van der Waals surface area contributed by atoms with E-state index in [2.05, 4.69) is 128 Å². The summed E-state index contributed by atoms with van der Waals surface area (Å²) in [6, 6.07) is 17.1. The van der Waals surface area contributed by atoms with E-state index >= 15 is 0 Å². The van der Waals surface area contributed by atoms with Crippen LogP contribution in [0.1, 0.15) is 212 Å². The molecule has 19 nitrogen and oxygen atoms in total. The van der Waals surface area contributed by atoms with Gasteiger partial charge in [0.2, 0.25) is 23.5 Å². The summed E-state index contributed by atoms with van der Waals surface area (Å²) in [7, 11) is 0. The van der Waals surface area contributed by atoms with Crippen molar-refractivity contribution in [2.24, 2.45) is 41.2 Å². The minimum absolute atomic E-state index is 0. The highest BCUT2D eigenvalue weighted by atomic mass is 79.9. The number of aromatic hydroxyl groups is 1. The number of ether oxygens (including phenoxy) is 1. The smallest absolute Gasteiger partial charge is 0.369 e. The van der Waals surface area contributed by atoms with Crippen LogP contribution in [0.25, 0.3) is 5.53 Å². The lowest BCUT2D eigenvalue weighted by Gasteiger charge is -2.64. The summed E-state index contributed by atoms with van der Waals surface area (Å²) >= 11 is 9.31. The maximum absolute atomic E-state index is 13.3. The molecule has 560 valence electrons. The number of primary amides is 1. The number of aliphatic hydroxyl groups is 2. The average Bonchev–Trinajstić information content (AvgIpc) is 0.784. The van der Waals surface area contributed by atoms with Gasteiger partial charge >= 0.3 is 14.9 Å². The summed E-state index contributed by atoms with van der Waals surface area (Å²) < 4.78 is 6.50. The number of nitrogens with one attached hydrogen (secondary N) is 2. The van der Waals surface area contributed by atoms with Gasteiger partial charge in [0.15, 0.2) is 11.6 Å². The van der Waals surface area contributed by atoms with Crippen molar-refractivity contribution in [1.82, 2.24) is 25.3 Å². The number of fused-ring (bicyclic) bond motifs is 3. The number of carbonyl (C=O) groups is 7. The van der Waals surface area contributed by atoms with Gasteiger partial charge in [-0.3, -0.25) is 48.3 Å². The van der Waals surface area contributed by atoms with Crippen LogP contribution in [0.2, 0.25) is 0 Å². The van der Waals surface area contributed by atoms with Gasteiger partial charge in [-0.15, -0.1) is 47.3 Å². The average molecular weight is 1600 g/mol. The van der Waals surface area contributed by atoms with E-state index in [4.69, 9.17) is 10.5 Å². The zero-order chi connectivity index (χ0) is 71.6. The van der Waals surface area contributed by atoms with Gasteiger partial charge < -0.3 is 42.0 Å². The lowest BCUT2D eigenvalue weighted by molar-refractivity contribution is -0.200. The summed E-state index contributed by atoms with van der Waals surface area (Å²) in [5, 5.41) is 40.8. The minimum Gasteiger partial charge on any atom is -0.508 e. The quantitative estimate of drug-likeness (QED) is 0.0426. The SMILES string of the molecule is BrB(Br)Br.C.C.C.CC(=O)O[C@@]12CC(=[N+]=[N-])C(=O)C[C@@]13CCN(CC1CC1)[C@@H]2Cc1ccc(C)cc13.CC(C)C(=O)N[C@H]1C[C@@]2(O)[C@H]3Cc4ccc(O)cc4[C@@]2(CCN3CC2CC2)CC1=O.CC(C)C(N)=O.Cc1ccc2c(c1)[C@]13CCN(CC4CC4)[C@H](C2)[C@]1(O)C[C@H](NC(=O)C(C)C)C(=O)C3. The Morgan fingerprint density at radius 2 is 0.961 bits per heavy atom. The van der Waals surface area contributed by atoms with Gasteiger partial charge in [0.1, 0.15) is 11.4 Å². The van der Waals surface area contributed by atoms with Gasteiger partial charge in [-0.25, -0.2) is 0 Å². The third kappa shape index (κ3) is 16.0. The van der Waals surface area contributed by atoms with Crippen LogP contribution in [0.3, 0.4) is 0 Å². The number of rotatable bonds is 12. The molecule has 6 bridgehead atoms. The number of hydrogen-bond acceptors (Lipinski definition) is 14. The Morgan fingerprint density at radius 1 is 0.598 bits per heavy atom. The molecule has 7 N–H and O–H groups in total. The molecule has 102 heavy (non-hydrogen) atoms. The van der Waals surface area contributed by atoms with E-state index < -0.39 is 45.1 Å². The molecule has 0 aromatic heterocycles. The van der Waals surface area contributed by atoms with Crippen molar-refractivity contribution < 1.29 is 58.4 Å². The summed E-state index contributed by atoms with van der Waals surface area (Å²) in [5.41, 5.74) is 18.9. The fourth-order valence-corrected chi connectivity index (χ4v) is 18.8. The number of halogens is 3. The number of benzene rings is 3. The maximum Gasteiger partial charge on any atom is 0.369 e. The zero-order valence-corrected chi connectivity index (χ0v) is 63.9. The first-order valence-electron chi connectivity index (χ1n) is 36.2.